The van der Waals surface area contributed by atoms with Crippen molar-refractivity contribution in [2.75, 3.05) is 13.1 Å². The van der Waals surface area contributed by atoms with Gasteiger partial charge in [0.1, 0.15) is 0 Å². The summed E-state index contributed by atoms with van der Waals surface area (Å²) in [6.07, 6.45) is 2.19. The smallest absolute Gasteiger partial charge is 0.232 e. The molecule has 0 aromatic rings. The number of carbonyl (C=O) groups is 3. The minimum atomic E-state index is -0.175. The van der Waals surface area contributed by atoms with Crippen molar-refractivity contribution >= 4 is 17.7 Å². The lowest BCUT2D eigenvalue weighted by Gasteiger charge is -2.13. The number of rotatable bonds is 6. The van der Waals surface area contributed by atoms with Crippen LogP contribution in [0, 0.1) is 5.92 Å². The van der Waals surface area contributed by atoms with E-state index in [1.165, 1.54) is 4.90 Å². The summed E-state index contributed by atoms with van der Waals surface area (Å²) in [4.78, 5) is 35.5. The summed E-state index contributed by atoms with van der Waals surface area (Å²) in [7, 11) is 0. The lowest BCUT2D eigenvalue weighted by atomic mass is 10.1. The van der Waals surface area contributed by atoms with Crippen LogP contribution in [0.5, 0.6) is 0 Å². The minimum absolute atomic E-state index is 0.0277. The second kappa shape index (κ2) is 18.7. The molecule has 23 heavy (non-hydrogen) atoms. The van der Waals surface area contributed by atoms with Crippen molar-refractivity contribution in [3.05, 3.63) is 0 Å². The fraction of sp³-hybridized carbons (Fsp3) is 0.833. The molecule has 1 unspecified atom stereocenters. The quantitative estimate of drug-likeness (QED) is 0.595. The maximum Gasteiger partial charge on any atom is 0.232 e. The molecular formula is C18H38N2O3. The number of nitrogens with one attached hydrogen (secondary N) is 1. The highest BCUT2D eigenvalue weighted by atomic mass is 16.2. The summed E-state index contributed by atoms with van der Waals surface area (Å²) in [5.74, 6) is -0.306. The number of nitrogens with zero attached hydrogens (tertiary/aromatic N) is 1. The van der Waals surface area contributed by atoms with Gasteiger partial charge in [-0.1, -0.05) is 48.5 Å². The van der Waals surface area contributed by atoms with E-state index in [4.69, 9.17) is 0 Å². The van der Waals surface area contributed by atoms with Crippen LogP contribution in [0.4, 0.5) is 0 Å². The molecule has 0 aromatic carbocycles. The van der Waals surface area contributed by atoms with Crippen molar-refractivity contribution in [2.45, 2.75) is 81.1 Å². The van der Waals surface area contributed by atoms with E-state index < -0.39 is 0 Å². The highest BCUT2D eigenvalue weighted by Crippen LogP contribution is 2.19. The van der Waals surface area contributed by atoms with Gasteiger partial charge >= 0.3 is 0 Å². The number of imide groups is 1. The van der Waals surface area contributed by atoms with Crippen LogP contribution in [0.3, 0.4) is 0 Å². The largest absolute Gasteiger partial charge is 0.356 e. The van der Waals surface area contributed by atoms with Gasteiger partial charge in [-0.05, 0) is 19.8 Å². The number of amides is 3. The SMILES string of the molecule is CC.CC.CC.CCNC(=O)CCCCN1C(=O)CC(C)C1=O. The van der Waals surface area contributed by atoms with E-state index in [2.05, 4.69) is 5.32 Å². The Bertz CT molecular complexity index is 317. The maximum absolute atomic E-state index is 11.6. The van der Waals surface area contributed by atoms with Crippen LogP contribution in [0.25, 0.3) is 0 Å². The summed E-state index contributed by atoms with van der Waals surface area (Å²) in [6.45, 7) is 16.7. The van der Waals surface area contributed by atoms with Crippen molar-refractivity contribution in [1.82, 2.24) is 10.2 Å². The van der Waals surface area contributed by atoms with Crippen molar-refractivity contribution in [3.63, 3.8) is 0 Å². The number of carbonyl (C=O) groups excluding carboxylic acids is 3. The topological polar surface area (TPSA) is 66.5 Å². The van der Waals surface area contributed by atoms with Gasteiger partial charge in [-0.25, -0.2) is 0 Å². The second-order valence-corrected chi connectivity index (χ2v) is 4.40. The number of unbranched alkanes of at least 4 members (excludes halogenated alkanes) is 1. The van der Waals surface area contributed by atoms with E-state index in [0.717, 1.165) is 0 Å². The number of hydrogen-bond donors (Lipinski definition) is 1. The lowest BCUT2D eigenvalue weighted by molar-refractivity contribution is -0.139. The zero-order valence-electron chi connectivity index (χ0n) is 16.5. The molecule has 5 nitrogen and oxygen atoms in total. The average Bonchev–Trinajstić information content (AvgIpc) is 2.83. The molecule has 1 heterocycles. The Kier molecular flexibility index (Phi) is 21.5. The molecule has 1 aliphatic rings. The van der Waals surface area contributed by atoms with Crippen LogP contribution >= 0.6 is 0 Å². The molecule has 0 bridgehead atoms. The minimum Gasteiger partial charge on any atom is -0.356 e. The third-order valence-corrected chi connectivity index (χ3v) is 2.88. The van der Waals surface area contributed by atoms with Crippen molar-refractivity contribution in [3.8, 4) is 0 Å². The van der Waals surface area contributed by atoms with Gasteiger partial charge in [-0.3, -0.25) is 19.3 Å². The van der Waals surface area contributed by atoms with E-state index in [9.17, 15) is 14.4 Å². The molecule has 1 atom stereocenters. The lowest BCUT2D eigenvalue weighted by Crippen LogP contribution is -2.31. The zero-order valence-corrected chi connectivity index (χ0v) is 16.5. The first-order chi connectivity index (χ1) is 11.1. The Balaban J connectivity index is -0.000000595. The van der Waals surface area contributed by atoms with E-state index in [1.54, 1.807) is 6.92 Å². The van der Waals surface area contributed by atoms with Crippen molar-refractivity contribution in [2.24, 2.45) is 5.92 Å². The zero-order chi connectivity index (χ0) is 18.8. The highest BCUT2D eigenvalue weighted by Gasteiger charge is 2.34. The maximum atomic E-state index is 11.6. The Morgan fingerprint density at radius 1 is 1.09 bits per heavy atom. The van der Waals surface area contributed by atoms with Gasteiger partial charge in [0.2, 0.25) is 17.7 Å². The van der Waals surface area contributed by atoms with Crippen LogP contribution in [0.1, 0.15) is 81.1 Å². The molecule has 0 spiro atoms. The third kappa shape index (κ3) is 11.8. The van der Waals surface area contributed by atoms with Crippen LogP contribution in [-0.4, -0.2) is 35.7 Å². The van der Waals surface area contributed by atoms with Crippen LogP contribution in [-0.2, 0) is 14.4 Å². The molecule has 1 aliphatic heterocycles. The van der Waals surface area contributed by atoms with Gasteiger partial charge < -0.3 is 5.32 Å². The Labute approximate surface area is 143 Å². The van der Waals surface area contributed by atoms with Gasteiger partial charge in [-0.15, -0.1) is 0 Å². The molecule has 1 rings (SSSR count). The van der Waals surface area contributed by atoms with Gasteiger partial charge in [0.25, 0.3) is 0 Å². The predicted octanol–water partition coefficient (Wildman–Crippen LogP) is 3.77. The molecule has 5 heteroatoms. The molecule has 0 radical (unpaired) electrons. The molecule has 1 fully saturated rings. The standard InChI is InChI=1S/C12H20N2O3.3C2H6/c1-3-13-10(15)6-4-5-7-14-11(16)8-9(2)12(14)17;3*1-2/h9H,3-8H2,1-2H3,(H,13,15);3*1-2H3. The first kappa shape index (κ1) is 26.5. The third-order valence-electron chi connectivity index (χ3n) is 2.88. The summed E-state index contributed by atoms with van der Waals surface area (Å²) in [5, 5.41) is 2.71. The fourth-order valence-electron chi connectivity index (χ4n) is 1.92. The van der Waals surface area contributed by atoms with E-state index >= 15 is 0 Å². The van der Waals surface area contributed by atoms with Crippen LogP contribution < -0.4 is 5.32 Å². The summed E-state index contributed by atoms with van der Waals surface area (Å²) < 4.78 is 0. The van der Waals surface area contributed by atoms with Crippen LogP contribution in [0.2, 0.25) is 0 Å². The second-order valence-electron chi connectivity index (χ2n) is 4.40. The predicted molar refractivity (Wildman–Crippen MR) is 97.1 cm³/mol. The molecule has 0 saturated carbocycles. The molecular weight excluding hydrogens is 292 g/mol. The average molecular weight is 331 g/mol. The summed E-state index contributed by atoms with van der Waals surface area (Å²) >= 11 is 0. The Morgan fingerprint density at radius 3 is 2.00 bits per heavy atom. The van der Waals surface area contributed by atoms with Crippen molar-refractivity contribution in [1.29, 1.82) is 0 Å². The molecule has 3 amide bonds. The normalized spacial score (nSPS) is 15.5. The van der Waals surface area contributed by atoms with Gasteiger partial charge in [-0.2, -0.15) is 0 Å². The summed E-state index contributed by atoms with van der Waals surface area (Å²) in [6, 6.07) is 0. The Morgan fingerprint density at radius 2 is 1.61 bits per heavy atom. The molecule has 0 aromatic heterocycles. The van der Waals surface area contributed by atoms with Crippen molar-refractivity contribution < 1.29 is 14.4 Å². The monoisotopic (exact) mass is 330 g/mol. The highest BCUT2D eigenvalue weighted by molar-refractivity contribution is 6.03. The summed E-state index contributed by atoms with van der Waals surface area (Å²) in [5.41, 5.74) is 0. The van der Waals surface area contributed by atoms with E-state index in [1.807, 2.05) is 48.5 Å². The van der Waals surface area contributed by atoms with Gasteiger partial charge in [0.05, 0.1) is 0 Å². The Hall–Kier alpha value is -1.39. The van der Waals surface area contributed by atoms with Crippen LogP contribution in [0.15, 0.2) is 0 Å². The molecule has 0 aliphatic carbocycles. The number of hydrogen-bond acceptors (Lipinski definition) is 3. The fourth-order valence-corrected chi connectivity index (χ4v) is 1.92. The van der Waals surface area contributed by atoms with Gasteiger partial charge in [0.15, 0.2) is 0 Å². The first-order valence-corrected chi connectivity index (χ1v) is 9.17. The molecule has 1 saturated heterocycles. The van der Waals surface area contributed by atoms with E-state index in [0.29, 0.717) is 38.8 Å². The number of likely N-dealkylation sites (tertiary alicyclic amines) is 1. The molecule has 1 N–H and O–H groups in total. The van der Waals surface area contributed by atoms with Gasteiger partial charge in [0, 0.05) is 31.8 Å². The molecule has 138 valence electrons. The first-order valence-electron chi connectivity index (χ1n) is 9.17. The van der Waals surface area contributed by atoms with E-state index in [-0.39, 0.29) is 23.6 Å².